The summed E-state index contributed by atoms with van der Waals surface area (Å²) in [5.74, 6) is 2.20. The van der Waals surface area contributed by atoms with E-state index in [1.54, 1.807) is 29.2 Å². The second kappa shape index (κ2) is 9.38. The van der Waals surface area contributed by atoms with E-state index >= 15 is 0 Å². The number of aromatic nitrogens is 2. The van der Waals surface area contributed by atoms with Gasteiger partial charge in [0.15, 0.2) is 11.7 Å². The fourth-order valence-electron chi connectivity index (χ4n) is 8.63. The van der Waals surface area contributed by atoms with Gasteiger partial charge in [-0.05, 0) is 74.0 Å². The van der Waals surface area contributed by atoms with Gasteiger partial charge in [-0.3, -0.25) is 9.69 Å². The highest BCUT2D eigenvalue weighted by Crippen LogP contribution is 2.58. The van der Waals surface area contributed by atoms with Crippen LogP contribution in [-0.4, -0.2) is 63.4 Å². The quantitative estimate of drug-likeness (QED) is 0.413. The molecule has 39 heavy (non-hydrogen) atoms. The second-order valence-corrected chi connectivity index (χ2v) is 13.7. The number of piperazine rings is 1. The summed E-state index contributed by atoms with van der Waals surface area (Å²) < 4.78 is 44.3. The van der Waals surface area contributed by atoms with Crippen LogP contribution in [0.4, 0.5) is 19.0 Å². The number of nitrogens with zero attached hydrogens (tertiary/aromatic N) is 4. The molecular formula is C28H32BrClF3N5O. The van der Waals surface area contributed by atoms with Crippen LogP contribution in [0.3, 0.4) is 0 Å². The summed E-state index contributed by atoms with van der Waals surface area (Å²) in [5.41, 5.74) is 0.888. The highest BCUT2D eigenvalue weighted by atomic mass is 79.9. The summed E-state index contributed by atoms with van der Waals surface area (Å²) in [6.07, 6.45) is 3.20. The number of carbonyl (C=O) groups is 1. The molecule has 5 fully saturated rings. The van der Waals surface area contributed by atoms with Gasteiger partial charge in [-0.2, -0.15) is 18.3 Å². The number of anilines is 1. The summed E-state index contributed by atoms with van der Waals surface area (Å²) in [6, 6.07) is 4.66. The zero-order valence-electron chi connectivity index (χ0n) is 21.6. The second-order valence-electron chi connectivity index (χ2n) is 12.4. The van der Waals surface area contributed by atoms with Crippen LogP contribution in [0.2, 0.25) is 5.02 Å². The van der Waals surface area contributed by atoms with E-state index in [9.17, 15) is 18.0 Å². The Morgan fingerprint density at radius 1 is 0.974 bits per heavy atom. The first-order chi connectivity index (χ1) is 18.6. The number of carbonyl (C=O) groups excluding carboxylic acids is 1. The molecule has 2 atom stereocenters. The van der Waals surface area contributed by atoms with Gasteiger partial charge in [0.2, 0.25) is 0 Å². The smallest absolute Gasteiger partial charge is 0.362 e. The highest BCUT2D eigenvalue weighted by molar-refractivity contribution is 9.10. The maximum Gasteiger partial charge on any atom is 0.410 e. The van der Waals surface area contributed by atoms with Crippen molar-refractivity contribution in [3.8, 4) is 0 Å². The first-order valence-corrected chi connectivity index (χ1v) is 15.2. The molecule has 8 rings (SSSR count). The van der Waals surface area contributed by atoms with E-state index in [-0.39, 0.29) is 28.5 Å². The number of halogens is 5. The molecule has 1 saturated heterocycles. The first-order valence-electron chi connectivity index (χ1n) is 14.0. The summed E-state index contributed by atoms with van der Waals surface area (Å²) in [7, 11) is 0. The molecule has 3 heterocycles. The Labute approximate surface area is 239 Å². The molecule has 4 aliphatic carbocycles. The average molecular weight is 627 g/mol. The molecule has 2 unspecified atom stereocenters. The van der Waals surface area contributed by atoms with E-state index < -0.39 is 24.2 Å². The van der Waals surface area contributed by atoms with Gasteiger partial charge in [0.1, 0.15) is 10.8 Å². The van der Waals surface area contributed by atoms with E-state index in [0.717, 1.165) is 40.0 Å². The number of fused-ring (bicyclic) bond motifs is 1. The molecule has 6 nitrogen and oxygen atoms in total. The van der Waals surface area contributed by atoms with Crippen molar-refractivity contribution in [3.05, 3.63) is 45.0 Å². The predicted octanol–water partition coefficient (Wildman–Crippen LogP) is 6.69. The molecule has 11 heteroatoms. The zero-order valence-corrected chi connectivity index (χ0v) is 23.9. The lowest BCUT2D eigenvalue weighted by molar-refractivity contribution is -0.173. The molecule has 4 bridgehead atoms. The van der Waals surface area contributed by atoms with Crippen molar-refractivity contribution in [2.45, 2.75) is 68.7 Å². The summed E-state index contributed by atoms with van der Waals surface area (Å²) in [4.78, 5) is 17.9. The SMILES string of the molecule is O=C(c1nn2c(c1Cl)NC(c1ccc(Br)cc1)CC2C(F)(F)F)N1CCN(C23CC4CC(CC(C4)C2)C3)CC1. The Morgan fingerprint density at radius 3 is 2.13 bits per heavy atom. The molecule has 2 aliphatic heterocycles. The van der Waals surface area contributed by atoms with Gasteiger partial charge in [-0.1, -0.05) is 39.7 Å². The lowest BCUT2D eigenvalue weighted by Crippen LogP contribution is -2.64. The van der Waals surface area contributed by atoms with Crippen LogP contribution < -0.4 is 5.32 Å². The minimum Gasteiger partial charge on any atom is -0.362 e. The Morgan fingerprint density at radius 2 is 1.56 bits per heavy atom. The van der Waals surface area contributed by atoms with Crippen molar-refractivity contribution in [1.82, 2.24) is 19.6 Å². The third-order valence-corrected chi connectivity index (χ3v) is 10.9. The third-order valence-electron chi connectivity index (χ3n) is 10.0. The molecule has 1 aromatic heterocycles. The van der Waals surface area contributed by atoms with Gasteiger partial charge >= 0.3 is 6.18 Å². The topological polar surface area (TPSA) is 53.4 Å². The largest absolute Gasteiger partial charge is 0.410 e. The summed E-state index contributed by atoms with van der Waals surface area (Å²) in [5, 5.41) is 7.27. The van der Waals surface area contributed by atoms with Crippen molar-refractivity contribution in [2.75, 3.05) is 31.5 Å². The van der Waals surface area contributed by atoms with Crippen molar-refractivity contribution in [3.63, 3.8) is 0 Å². The molecule has 6 aliphatic rings. The number of amides is 1. The molecule has 210 valence electrons. The van der Waals surface area contributed by atoms with Crippen LogP contribution in [0.5, 0.6) is 0 Å². The molecule has 1 N–H and O–H groups in total. The first kappa shape index (κ1) is 26.1. The molecule has 1 aromatic carbocycles. The minimum atomic E-state index is -4.54. The van der Waals surface area contributed by atoms with E-state index in [0.29, 0.717) is 18.7 Å². The Hall–Kier alpha value is -1.78. The third kappa shape index (κ3) is 4.49. The van der Waals surface area contributed by atoms with Gasteiger partial charge in [0.25, 0.3) is 5.91 Å². The zero-order chi connectivity index (χ0) is 27.1. The number of hydrogen-bond acceptors (Lipinski definition) is 4. The molecule has 1 amide bonds. The van der Waals surface area contributed by atoms with Crippen LogP contribution in [0.1, 0.15) is 73.1 Å². The lowest BCUT2D eigenvalue weighted by atomic mass is 9.52. The number of rotatable bonds is 3. The van der Waals surface area contributed by atoms with E-state index in [2.05, 4.69) is 31.2 Å². The summed E-state index contributed by atoms with van der Waals surface area (Å²) in [6.45, 7) is 2.66. The molecule has 4 saturated carbocycles. The van der Waals surface area contributed by atoms with E-state index in [1.165, 1.54) is 38.5 Å². The Kier molecular flexibility index (Phi) is 6.28. The van der Waals surface area contributed by atoms with Crippen LogP contribution in [0.15, 0.2) is 28.7 Å². The average Bonchev–Trinajstić information content (AvgIpc) is 3.23. The van der Waals surface area contributed by atoms with Gasteiger partial charge in [0.05, 0.1) is 6.04 Å². The highest BCUT2D eigenvalue weighted by Gasteiger charge is 2.54. The van der Waals surface area contributed by atoms with Gasteiger partial charge in [0, 0.05) is 42.6 Å². The predicted molar refractivity (Wildman–Crippen MR) is 146 cm³/mol. The molecule has 0 radical (unpaired) electrons. The Balaban J connectivity index is 1.10. The van der Waals surface area contributed by atoms with Crippen LogP contribution in [0, 0.1) is 17.8 Å². The van der Waals surface area contributed by atoms with Crippen molar-refractivity contribution in [2.24, 2.45) is 17.8 Å². The number of alkyl halides is 3. The fourth-order valence-corrected chi connectivity index (χ4v) is 9.15. The number of hydrogen-bond donors (Lipinski definition) is 1. The van der Waals surface area contributed by atoms with Crippen molar-refractivity contribution < 1.29 is 18.0 Å². The maximum absolute atomic E-state index is 14.2. The molecule has 2 aromatic rings. The van der Waals surface area contributed by atoms with Crippen LogP contribution in [0.25, 0.3) is 0 Å². The van der Waals surface area contributed by atoms with Gasteiger partial charge < -0.3 is 10.2 Å². The van der Waals surface area contributed by atoms with Crippen molar-refractivity contribution in [1.29, 1.82) is 0 Å². The van der Waals surface area contributed by atoms with E-state index in [1.807, 2.05) is 0 Å². The maximum atomic E-state index is 14.2. The summed E-state index contributed by atoms with van der Waals surface area (Å²) >= 11 is 9.98. The van der Waals surface area contributed by atoms with Crippen LogP contribution >= 0.6 is 27.5 Å². The number of benzene rings is 1. The number of nitrogens with one attached hydrogen (secondary N) is 1. The minimum absolute atomic E-state index is 0.0421. The fraction of sp³-hybridized carbons (Fsp3) is 0.643. The molecule has 0 spiro atoms. The monoisotopic (exact) mass is 625 g/mol. The van der Waals surface area contributed by atoms with Crippen molar-refractivity contribution >= 4 is 39.3 Å². The van der Waals surface area contributed by atoms with Crippen LogP contribution in [-0.2, 0) is 0 Å². The molecular weight excluding hydrogens is 595 g/mol. The lowest BCUT2D eigenvalue weighted by Gasteiger charge is -2.61. The standard InChI is InChI=1S/C28H32BrClF3N5O/c29-20-3-1-19(2-4-20)21-12-22(28(31,32)33)38-25(34-21)23(30)24(35-38)26(39)36-5-7-37(8-6-36)27-13-16-9-17(14-27)11-18(10-16)15-27/h1-4,16-18,21-22,34H,5-15H2. The van der Waals surface area contributed by atoms with E-state index in [4.69, 9.17) is 11.6 Å². The normalized spacial score (nSPS) is 34.2. The van der Waals surface area contributed by atoms with Gasteiger partial charge in [-0.25, -0.2) is 4.68 Å². The Bertz CT molecular complexity index is 1240. The van der Waals surface area contributed by atoms with Gasteiger partial charge in [-0.15, -0.1) is 0 Å².